The van der Waals surface area contributed by atoms with E-state index in [9.17, 15) is 4.79 Å². The Labute approximate surface area is 116 Å². The van der Waals surface area contributed by atoms with Crippen LogP contribution in [-0.4, -0.2) is 28.7 Å². The van der Waals surface area contributed by atoms with Gasteiger partial charge >= 0.3 is 0 Å². The highest BCUT2D eigenvalue weighted by Gasteiger charge is 2.27. The molecule has 0 fully saturated rings. The van der Waals surface area contributed by atoms with Crippen LogP contribution in [0.15, 0.2) is 18.2 Å². The monoisotopic (exact) mass is 317 g/mol. The van der Waals surface area contributed by atoms with Crippen molar-refractivity contribution >= 4 is 33.4 Å². The Kier molecular flexibility index (Phi) is 4.62. The Morgan fingerprint density at radius 3 is 2.59 bits per heavy atom. The number of benzene rings is 1. The van der Waals surface area contributed by atoms with E-state index in [1.165, 1.54) is 0 Å². The molecule has 0 radical (unpaired) electrons. The van der Waals surface area contributed by atoms with Gasteiger partial charge in [-0.2, -0.15) is 0 Å². The van der Waals surface area contributed by atoms with Crippen molar-refractivity contribution in [3.05, 3.63) is 34.3 Å². The van der Waals surface area contributed by atoms with Gasteiger partial charge in [-0.3, -0.25) is 4.79 Å². The molecule has 0 heterocycles. The minimum absolute atomic E-state index is 0.00514. The van der Waals surface area contributed by atoms with Crippen LogP contribution in [0.3, 0.4) is 0 Å². The van der Waals surface area contributed by atoms with E-state index in [-0.39, 0.29) is 11.4 Å². The minimum atomic E-state index is -0.230. The smallest absolute Gasteiger partial charge is 0.254 e. The molecule has 0 saturated heterocycles. The molecule has 17 heavy (non-hydrogen) atoms. The van der Waals surface area contributed by atoms with Gasteiger partial charge in [0, 0.05) is 28.5 Å². The van der Waals surface area contributed by atoms with Crippen LogP contribution in [0.25, 0.3) is 0 Å². The van der Waals surface area contributed by atoms with E-state index in [1.54, 1.807) is 17.0 Å². The first-order valence-corrected chi connectivity index (χ1v) is 6.90. The number of carbonyl (C=O) groups is 1. The van der Waals surface area contributed by atoms with Crippen LogP contribution < -0.4 is 0 Å². The van der Waals surface area contributed by atoms with E-state index in [2.05, 4.69) is 15.9 Å². The van der Waals surface area contributed by atoms with Gasteiger partial charge in [0.1, 0.15) is 0 Å². The number of amides is 1. The summed E-state index contributed by atoms with van der Waals surface area (Å²) in [5.74, 6) is -0.00514. The maximum atomic E-state index is 12.4. The fourth-order valence-electron chi connectivity index (χ4n) is 1.37. The maximum Gasteiger partial charge on any atom is 0.254 e. The average Bonchev–Trinajstić information content (AvgIpc) is 2.30. The number of alkyl halides is 1. The molecule has 0 unspecified atom stereocenters. The third-order valence-corrected chi connectivity index (χ3v) is 4.58. The van der Waals surface area contributed by atoms with Crippen molar-refractivity contribution in [1.29, 1.82) is 0 Å². The van der Waals surface area contributed by atoms with Gasteiger partial charge in [-0.15, -0.1) is 0 Å². The molecular formula is C13H17BrClNO. The highest BCUT2D eigenvalue weighted by atomic mass is 79.9. The van der Waals surface area contributed by atoms with Gasteiger partial charge < -0.3 is 4.90 Å². The second-order valence-electron chi connectivity index (χ2n) is 4.77. The molecule has 2 nitrogen and oxygen atoms in total. The summed E-state index contributed by atoms with van der Waals surface area (Å²) in [6, 6.07) is 5.38. The van der Waals surface area contributed by atoms with Crippen molar-refractivity contribution in [1.82, 2.24) is 4.90 Å². The Bertz CT molecular complexity index is 431. The van der Waals surface area contributed by atoms with Gasteiger partial charge in [0.15, 0.2) is 0 Å². The first-order chi connectivity index (χ1) is 7.79. The first kappa shape index (κ1) is 14.5. The highest BCUT2D eigenvalue weighted by Crippen LogP contribution is 2.22. The predicted molar refractivity (Wildman–Crippen MR) is 76.2 cm³/mol. The molecule has 0 bridgehead atoms. The lowest BCUT2D eigenvalue weighted by molar-refractivity contribution is 0.0663. The summed E-state index contributed by atoms with van der Waals surface area (Å²) in [7, 11) is 1.81. The van der Waals surface area contributed by atoms with Gasteiger partial charge in [-0.1, -0.05) is 33.6 Å². The van der Waals surface area contributed by atoms with Crippen molar-refractivity contribution < 1.29 is 4.79 Å². The largest absolute Gasteiger partial charge is 0.336 e. The number of halogens is 2. The summed E-state index contributed by atoms with van der Waals surface area (Å²) < 4.78 is 0. The van der Waals surface area contributed by atoms with Gasteiger partial charge in [-0.05, 0) is 38.5 Å². The third kappa shape index (κ3) is 3.23. The molecule has 1 amide bonds. The van der Waals surface area contributed by atoms with Crippen molar-refractivity contribution in [2.24, 2.45) is 0 Å². The topological polar surface area (TPSA) is 20.3 Å². The Morgan fingerprint density at radius 1 is 1.47 bits per heavy atom. The zero-order valence-electron chi connectivity index (χ0n) is 10.6. The van der Waals surface area contributed by atoms with E-state index in [1.807, 2.05) is 33.9 Å². The molecule has 0 atom stereocenters. The van der Waals surface area contributed by atoms with Gasteiger partial charge in [-0.25, -0.2) is 0 Å². The molecule has 0 aliphatic carbocycles. The molecule has 0 aliphatic heterocycles. The summed E-state index contributed by atoms with van der Waals surface area (Å²) in [5, 5.41) is 1.31. The summed E-state index contributed by atoms with van der Waals surface area (Å²) in [4.78, 5) is 14.1. The molecule has 0 aromatic heterocycles. The minimum Gasteiger partial charge on any atom is -0.336 e. The predicted octanol–water partition coefficient (Wildman–Crippen LogP) is 3.89. The third-order valence-electron chi connectivity index (χ3n) is 2.97. The second kappa shape index (κ2) is 5.40. The number of rotatable bonds is 3. The quantitative estimate of drug-likeness (QED) is 0.774. The summed E-state index contributed by atoms with van der Waals surface area (Å²) in [5.41, 5.74) is 1.37. The Hall–Kier alpha value is -0.540. The molecule has 4 heteroatoms. The van der Waals surface area contributed by atoms with Gasteiger partial charge in [0.2, 0.25) is 0 Å². The lowest BCUT2D eigenvalue weighted by Gasteiger charge is -2.34. The fraction of sp³-hybridized carbons (Fsp3) is 0.462. The first-order valence-electron chi connectivity index (χ1n) is 5.40. The van der Waals surface area contributed by atoms with E-state index >= 15 is 0 Å². The summed E-state index contributed by atoms with van der Waals surface area (Å²) in [6.07, 6.45) is 0. The number of hydrogen-bond donors (Lipinski definition) is 0. The van der Waals surface area contributed by atoms with E-state index < -0.39 is 0 Å². The van der Waals surface area contributed by atoms with Crippen LogP contribution in [-0.2, 0) is 0 Å². The fourth-order valence-corrected chi connectivity index (χ4v) is 1.92. The number of nitrogens with zero attached hydrogens (tertiary/aromatic N) is 1. The van der Waals surface area contributed by atoms with Crippen LogP contribution in [0.2, 0.25) is 5.02 Å². The lowest BCUT2D eigenvalue weighted by Crippen LogP contribution is -2.46. The van der Waals surface area contributed by atoms with Gasteiger partial charge in [0.05, 0.1) is 0 Å². The second-order valence-corrected chi connectivity index (χ2v) is 5.77. The molecule has 0 spiro atoms. The van der Waals surface area contributed by atoms with Crippen LogP contribution in [0.4, 0.5) is 0 Å². The lowest BCUT2D eigenvalue weighted by atomic mass is 10.0. The highest BCUT2D eigenvalue weighted by molar-refractivity contribution is 9.09. The average molecular weight is 319 g/mol. The van der Waals surface area contributed by atoms with Crippen molar-refractivity contribution in [3.63, 3.8) is 0 Å². The van der Waals surface area contributed by atoms with E-state index in [0.717, 1.165) is 10.9 Å². The maximum absolute atomic E-state index is 12.4. The van der Waals surface area contributed by atoms with Crippen LogP contribution in [0, 0.1) is 6.92 Å². The molecule has 94 valence electrons. The summed E-state index contributed by atoms with van der Waals surface area (Å²) >= 11 is 9.36. The molecule has 1 aromatic rings. The zero-order chi connectivity index (χ0) is 13.2. The Balaban J connectivity index is 3.08. The molecule has 0 aliphatic rings. The van der Waals surface area contributed by atoms with Crippen molar-refractivity contribution in [3.8, 4) is 0 Å². The van der Waals surface area contributed by atoms with E-state index in [0.29, 0.717) is 10.6 Å². The molecule has 0 N–H and O–H groups in total. The normalized spacial score (nSPS) is 11.4. The molecule has 0 saturated carbocycles. The van der Waals surface area contributed by atoms with Gasteiger partial charge in [0.25, 0.3) is 5.91 Å². The summed E-state index contributed by atoms with van der Waals surface area (Å²) in [6.45, 7) is 5.94. The number of carbonyl (C=O) groups excluding carboxylic acids is 1. The molecule has 1 aromatic carbocycles. The van der Waals surface area contributed by atoms with Crippen LogP contribution in [0.5, 0.6) is 0 Å². The number of aryl methyl sites for hydroxylation is 1. The number of hydrogen-bond acceptors (Lipinski definition) is 1. The van der Waals surface area contributed by atoms with E-state index in [4.69, 9.17) is 11.6 Å². The zero-order valence-corrected chi connectivity index (χ0v) is 12.9. The SMILES string of the molecule is Cc1ccc(Cl)cc1C(=O)N(C)C(C)(C)CBr. The molecular weight excluding hydrogens is 302 g/mol. The van der Waals surface area contributed by atoms with Crippen molar-refractivity contribution in [2.75, 3.05) is 12.4 Å². The molecule has 1 rings (SSSR count). The Morgan fingerprint density at radius 2 is 2.06 bits per heavy atom. The standard InChI is InChI=1S/C13H17BrClNO/c1-9-5-6-10(15)7-11(9)12(17)16(4)13(2,3)8-14/h5-7H,8H2,1-4H3. The van der Waals surface area contributed by atoms with Crippen LogP contribution in [0.1, 0.15) is 29.8 Å². The van der Waals surface area contributed by atoms with Crippen molar-refractivity contribution in [2.45, 2.75) is 26.3 Å². The van der Waals surface area contributed by atoms with Crippen LogP contribution >= 0.6 is 27.5 Å².